The van der Waals surface area contributed by atoms with Crippen molar-refractivity contribution in [1.29, 1.82) is 0 Å². The second-order valence-electron chi connectivity index (χ2n) is 7.03. The fraction of sp³-hybridized carbons (Fsp3) is 0.0400. The highest BCUT2D eigenvalue weighted by Gasteiger charge is 2.17. The summed E-state index contributed by atoms with van der Waals surface area (Å²) < 4.78 is 7.31. The van der Waals surface area contributed by atoms with E-state index in [1.54, 1.807) is 13.4 Å². The number of nitrogens with one attached hydrogen (secondary N) is 1. The van der Waals surface area contributed by atoms with E-state index in [2.05, 4.69) is 33.6 Å². The quantitative estimate of drug-likeness (QED) is 0.349. The number of benzene rings is 3. The minimum absolute atomic E-state index is 0.672. The fourth-order valence-electron chi connectivity index (χ4n) is 3.63. The van der Waals surface area contributed by atoms with Gasteiger partial charge in [0.2, 0.25) is 0 Å². The Balaban J connectivity index is 1.71. The lowest BCUT2D eigenvalue weighted by molar-refractivity contribution is 0.415. The number of nitrogens with zero attached hydrogens (tertiary/aromatic N) is 3. The topological polar surface area (TPSA) is 52.0 Å². The number of aromatic nitrogens is 3. The van der Waals surface area contributed by atoms with Crippen molar-refractivity contribution in [2.24, 2.45) is 0 Å². The largest absolute Gasteiger partial charge is 0.497 e. The van der Waals surface area contributed by atoms with Crippen LogP contribution in [-0.4, -0.2) is 21.6 Å². The third-order valence-corrected chi connectivity index (χ3v) is 5.34. The van der Waals surface area contributed by atoms with Crippen LogP contribution in [0.5, 0.6) is 5.75 Å². The van der Waals surface area contributed by atoms with Crippen LogP contribution in [0, 0.1) is 0 Å². The Morgan fingerprint density at radius 1 is 0.903 bits per heavy atom. The van der Waals surface area contributed by atoms with Gasteiger partial charge in [-0.1, -0.05) is 48.0 Å². The van der Waals surface area contributed by atoms with E-state index < -0.39 is 0 Å². The summed E-state index contributed by atoms with van der Waals surface area (Å²) >= 11 is 6.26. The molecule has 3 aromatic carbocycles. The van der Waals surface area contributed by atoms with Gasteiger partial charge in [-0.15, -0.1) is 0 Å². The van der Waals surface area contributed by atoms with Crippen LogP contribution in [-0.2, 0) is 0 Å². The van der Waals surface area contributed by atoms with Gasteiger partial charge in [0.05, 0.1) is 12.5 Å². The van der Waals surface area contributed by atoms with Crippen molar-refractivity contribution in [2.45, 2.75) is 0 Å². The maximum absolute atomic E-state index is 6.26. The zero-order valence-corrected chi connectivity index (χ0v) is 17.5. The molecular weight excluding hydrogens is 408 g/mol. The highest BCUT2D eigenvalue weighted by atomic mass is 35.5. The van der Waals surface area contributed by atoms with E-state index >= 15 is 0 Å². The van der Waals surface area contributed by atoms with Gasteiger partial charge in [0.15, 0.2) is 5.65 Å². The van der Waals surface area contributed by atoms with E-state index in [4.69, 9.17) is 16.3 Å². The number of fused-ring (bicyclic) bond motifs is 1. The first-order valence-electron chi connectivity index (χ1n) is 9.81. The van der Waals surface area contributed by atoms with Gasteiger partial charge in [0.1, 0.15) is 17.9 Å². The normalized spacial score (nSPS) is 10.9. The van der Waals surface area contributed by atoms with Crippen molar-refractivity contribution in [3.05, 3.63) is 96.4 Å². The molecule has 2 heterocycles. The Morgan fingerprint density at radius 3 is 2.45 bits per heavy atom. The highest BCUT2D eigenvalue weighted by molar-refractivity contribution is 6.30. The van der Waals surface area contributed by atoms with Crippen LogP contribution >= 0.6 is 11.6 Å². The van der Waals surface area contributed by atoms with Gasteiger partial charge < -0.3 is 14.6 Å². The molecule has 0 aliphatic carbocycles. The van der Waals surface area contributed by atoms with E-state index in [0.717, 1.165) is 45.1 Å². The Kier molecular flexibility index (Phi) is 5.02. The van der Waals surface area contributed by atoms with Crippen LogP contribution < -0.4 is 10.1 Å². The molecule has 0 bridgehead atoms. The Labute approximate surface area is 184 Å². The maximum Gasteiger partial charge on any atom is 0.150 e. The molecule has 0 atom stereocenters. The van der Waals surface area contributed by atoms with Gasteiger partial charge in [0.25, 0.3) is 0 Å². The summed E-state index contributed by atoms with van der Waals surface area (Å²) in [6.07, 6.45) is 3.66. The molecule has 2 aromatic heterocycles. The van der Waals surface area contributed by atoms with Crippen LogP contribution in [0.2, 0.25) is 5.02 Å². The fourth-order valence-corrected chi connectivity index (χ4v) is 3.81. The molecule has 6 heteroatoms. The molecule has 5 rings (SSSR count). The number of ether oxygens (including phenoxy) is 1. The van der Waals surface area contributed by atoms with Crippen molar-refractivity contribution in [3.63, 3.8) is 0 Å². The minimum atomic E-state index is 0.672. The van der Waals surface area contributed by atoms with Crippen LogP contribution in [0.25, 0.3) is 27.8 Å². The van der Waals surface area contributed by atoms with Gasteiger partial charge in [-0.25, -0.2) is 9.97 Å². The zero-order valence-electron chi connectivity index (χ0n) is 16.8. The number of halogens is 1. The third kappa shape index (κ3) is 3.71. The summed E-state index contributed by atoms with van der Waals surface area (Å²) in [7, 11) is 1.65. The van der Waals surface area contributed by atoms with Gasteiger partial charge in [0, 0.05) is 28.2 Å². The summed E-state index contributed by atoms with van der Waals surface area (Å²) in [5.41, 5.74) is 4.77. The molecule has 0 radical (unpaired) electrons. The van der Waals surface area contributed by atoms with Crippen LogP contribution in [0.15, 0.2) is 91.4 Å². The lowest BCUT2D eigenvalue weighted by Crippen LogP contribution is -1.98. The van der Waals surface area contributed by atoms with Crippen molar-refractivity contribution < 1.29 is 4.74 Å². The lowest BCUT2D eigenvalue weighted by atomic mass is 10.1. The molecule has 0 aliphatic heterocycles. The van der Waals surface area contributed by atoms with Crippen molar-refractivity contribution in [1.82, 2.24) is 14.5 Å². The van der Waals surface area contributed by atoms with Crippen molar-refractivity contribution in [3.8, 4) is 22.6 Å². The number of rotatable bonds is 5. The third-order valence-electron chi connectivity index (χ3n) is 5.11. The van der Waals surface area contributed by atoms with Gasteiger partial charge in [-0.3, -0.25) is 0 Å². The molecule has 0 spiro atoms. The van der Waals surface area contributed by atoms with E-state index in [1.807, 2.05) is 71.3 Å². The Bertz CT molecular complexity index is 1350. The first-order chi connectivity index (χ1) is 15.2. The molecule has 5 nitrogen and oxygen atoms in total. The second-order valence-corrected chi connectivity index (χ2v) is 7.47. The van der Waals surface area contributed by atoms with E-state index in [-0.39, 0.29) is 0 Å². The highest BCUT2D eigenvalue weighted by Crippen LogP contribution is 2.36. The summed E-state index contributed by atoms with van der Waals surface area (Å²) in [6, 6.07) is 25.7. The molecular formula is C25H19ClN4O. The number of methoxy groups -OCH3 is 1. The Hall–Kier alpha value is -3.83. The molecule has 0 saturated heterocycles. The van der Waals surface area contributed by atoms with Gasteiger partial charge >= 0.3 is 0 Å². The van der Waals surface area contributed by atoms with Crippen LogP contribution in [0.3, 0.4) is 0 Å². The van der Waals surface area contributed by atoms with Crippen molar-refractivity contribution in [2.75, 3.05) is 12.4 Å². The molecule has 0 fully saturated rings. The van der Waals surface area contributed by atoms with E-state index in [9.17, 15) is 0 Å². The molecule has 0 aliphatic rings. The second kappa shape index (κ2) is 8.13. The molecule has 152 valence electrons. The van der Waals surface area contributed by atoms with Gasteiger partial charge in [-0.05, 0) is 48.0 Å². The first kappa shape index (κ1) is 19.2. The monoisotopic (exact) mass is 426 g/mol. The van der Waals surface area contributed by atoms with E-state index in [1.165, 1.54) is 0 Å². The summed E-state index contributed by atoms with van der Waals surface area (Å²) in [5, 5.41) is 5.05. The van der Waals surface area contributed by atoms with Gasteiger partial charge in [-0.2, -0.15) is 0 Å². The molecule has 0 amide bonds. The Morgan fingerprint density at radius 2 is 1.71 bits per heavy atom. The summed E-state index contributed by atoms with van der Waals surface area (Å²) in [6.45, 7) is 0. The predicted molar refractivity (Wildman–Crippen MR) is 126 cm³/mol. The predicted octanol–water partition coefficient (Wildman–Crippen LogP) is 6.49. The zero-order chi connectivity index (χ0) is 21.2. The lowest BCUT2D eigenvalue weighted by Gasteiger charge is -2.09. The summed E-state index contributed by atoms with van der Waals surface area (Å²) in [5.74, 6) is 1.53. The minimum Gasteiger partial charge on any atom is -0.497 e. The maximum atomic E-state index is 6.26. The number of hydrogen-bond donors (Lipinski definition) is 1. The molecule has 1 N–H and O–H groups in total. The molecule has 0 saturated carbocycles. The molecule has 0 unspecified atom stereocenters. The molecule has 5 aromatic rings. The number of anilines is 2. The van der Waals surface area contributed by atoms with Crippen LogP contribution in [0.1, 0.15) is 0 Å². The average Bonchev–Trinajstić information content (AvgIpc) is 3.21. The number of hydrogen-bond acceptors (Lipinski definition) is 4. The SMILES string of the molecule is COc1ccc(Nc2ncnc3c2c(-c2ccccc2)cn3-c2cccc(Cl)c2)cc1. The smallest absolute Gasteiger partial charge is 0.150 e. The van der Waals surface area contributed by atoms with Crippen molar-refractivity contribution >= 4 is 34.1 Å². The average molecular weight is 427 g/mol. The molecule has 31 heavy (non-hydrogen) atoms. The van der Waals surface area contributed by atoms with E-state index in [0.29, 0.717) is 5.02 Å². The standard InChI is InChI=1S/C25H19ClN4O/c1-31-21-12-10-19(11-13-21)29-24-23-22(17-6-3-2-4-7-17)15-30(25(23)28-16-27-24)20-9-5-8-18(26)14-20/h2-16H,1H3,(H,27,28,29). The summed E-state index contributed by atoms with van der Waals surface area (Å²) in [4.78, 5) is 9.17. The van der Waals surface area contributed by atoms with Crippen LogP contribution in [0.4, 0.5) is 11.5 Å². The first-order valence-corrected chi connectivity index (χ1v) is 10.2.